The van der Waals surface area contributed by atoms with Crippen LogP contribution >= 0.6 is 11.6 Å². The SMILES string of the molecule is CN(c1ccc(Cl)cc1)C1CN(C(=O)OC(C)(C)C)CCC1O. The second-order valence-corrected chi connectivity index (χ2v) is 7.37. The van der Waals surface area contributed by atoms with Crippen molar-refractivity contribution in [3.63, 3.8) is 0 Å². The van der Waals surface area contributed by atoms with Gasteiger partial charge in [0.1, 0.15) is 5.60 Å². The van der Waals surface area contributed by atoms with Crippen molar-refractivity contribution in [2.75, 3.05) is 25.0 Å². The van der Waals surface area contributed by atoms with Crippen LogP contribution in [0.15, 0.2) is 24.3 Å². The molecule has 1 heterocycles. The smallest absolute Gasteiger partial charge is 0.410 e. The van der Waals surface area contributed by atoms with Crippen LogP contribution in [0, 0.1) is 0 Å². The highest BCUT2D eigenvalue weighted by atomic mass is 35.5. The molecule has 0 bridgehead atoms. The lowest BCUT2D eigenvalue weighted by Crippen LogP contribution is -2.56. The van der Waals surface area contributed by atoms with Crippen LogP contribution in [0.3, 0.4) is 0 Å². The summed E-state index contributed by atoms with van der Waals surface area (Å²) in [6.07, 6.45) is -0.296. The van der Waals surface area contributed by atoms with Gasteiger partial charge in [0.2, 0.25) is 0 Å². The number of ether oxygens (including phenoxy) is 1. The minimum atomic E-state index is -0.523. The van der Waals surface area contributed by atoms with Gasteiger partial charge in [0.05, 0.1) is 12.1 Å². The molecule has 23 heavy (non-hydrogen) atoms. The number of likely N-dealkylation sites (N-methyl/N-ethyl adjacent to an activating group) is 1. The van der Waals surface area contributed by atoms with Gasteiger partial charge in [0.15, 0.2) is 0 Å². The van der Waals surface area contributed by atoms with Crippen molar-refractivity contribution >= 4 is 23.4 Å². The lowest BCUT2D eigenvalue weighted by molar-refractivity contribution is 0.00450. The van der Waals surface area contributed by atoms with Crippen LogP contribution in [0.25, 0.3) is 0 Å². The van der Waals surface area contributed by atoms with Gasteiger partial charge in [0.25, 0.3) is 0 Å². The molecule has 6 heteroatoms. The summed E-state index contributed by atoms with van der Waals surface area (Å²) >= 11 is 5.92. The van der Waals surface area contributed by atoms with E-state index in [0.717, 1.165) is 5.69 Å². The highest BCUT2D eigenvalue weighted by Crippen LogP contribution is 2.24. The predicted octanol–water partition coefficient (Wildman–Crippen LogP) is 3.15. The molecule has 128 valence electrons. The van der Waals surface area contributed by atoms with Gasteiger partial charge in [0, 0.05) is 30.8 Å². The van der Waals surface area contributed by atoms with Gasteiger partial charge in [-0.2, -0.15) is 0 Å². The Morgan fingerprint density at radius 3 is 2.52 bits per heavy atom. The summed E-state index contributed by atoms with van der Waals surface area (Å²) in [7, 11) is 1.91. The van der Waals surface area contributed by atoms with Gasteiger partial charge in [-0.05, 0) is 51.5 Å². The van der Waals surface area contributed by atoms with Crippen molar-refractivity contribution in [2.45, 2.75) is 44.9 Å². The summed E-state index contributed by atoms with van der Waals surface area (Å²) in [5.74, 6) is 0. The molecule has 1 saturated heterocycles. The van der Waals surface area contributed by atoms with Crippen molar-refractivity contribution in [2.24, 2.45) is 0 Å². The van der Waals surface area contributed by atoms with Crippen LogP contribution in [-0.4, -0.2) is 54.0 Å². The van der Waals surface area contributed by atoms with Crippen LogP contribution in [0.1, 0.15) is 27.2 Å². The highest BCUT2D eigenvalue weighted by Gasteiger charge is 2.34. The number of nitrogens with zero attached hydrogens (tertiary/aromatic N) is 2. The van der Waals surface area contributed by atoms with E-state index in [4.69, 9.17) is 16.3 Å². The number of likely N-dealkylation sites (tertiary alicyclic amines) is 1. The molecule has 0 saturated carbocycles. The number of rotatable bonds is 2. The van der Waals surface area contributed by atoms with Crippen LogP contribution in [0.5, 0.6) is 0 Å². The normalized spacial score (nSPS) is 21.9. The molecule has 0 spiro atoms. The fraction of sp³-hybridized carbons (Fsp3) is 0.588. The number of hydrogen-bond donors (Lipinski definition) is 1. The third-order valence-electron chi connectivity index (χ3n) is 3.93. The summed E-state index contributed by atoms with van der Waals surface area (Å²) in [6, 6.07) is 7.25. The van der Waals surface area contributed by atoms with Crippen molar-refractivity contribution in [1.29, 1.82) is 0 Å². The summed E-state index contributed by atoms with van der Waals surface area (Å²) in [5.41, 5.74) is 0.426. The van der Waals surface area contributed by atoms with Crippen molar-refractivity contribution in [3.05, 3.63) is 29.3 Å². The Balaban J connectivity index is 2.08. The number of aliphatic hydroxyl groups is 1. The second kappa shape index (κ2) is 6.97. The van der Waals surface area contributed by atoms with Gasteiger partial charge in [-0.15, -0.1) is 0 Å². The maximum Gasteiger partial charge on any atom is 0.410 e. The number of benzene rings is 1. The van der Waals surface area contributed by atoms with Crippen LogP contribution in [0.4, 0.5) is 10.5 Å². The van der Waals surface area contributed by atoms with E-state index in [1.807, 2.05) is 57.0 Å². The Hall–Kier alpha value is -1.46. The topological polar surface area (TPSA) is 53.0 Å². The largest absolute Gasteiger partial charge is 0.444 e. The van der Waals surface area contributed by atoms with E-state index in [9.17, 15) is 9.90 Å². The summed E-state index contributed by atoms with van der Waals surface area (Å²) in [6.45, 7) is 6.47. The van der Waals surface area contributed by atoms with E-state index in [1.165, 1.54) is 0 Å². The lowest BCUT2D eigenvalue weighted by Gasteiger charge is -2.41. The Kier molecular flexibility index (Phi) is 5.42. The quantitative estimate of drug-likeness (QED) is 0.898. The molecular weight excluding hydrogens is 316 g/mol. The molecule has 2 rings (SSSR count). The molecule has 5 nitrogen and oxygen atoms in total. The molecule has 1 aliphatic heterocycles. The van der Waals surface area contributed by atoms with E-state index in [2.05, 4.69) is 0 Å². The van der Waals surface area contributed by atoms with Crippen LogP contribution in [0.2, 0.25) is 5.02 Å². The molecule has 2 atom stereocenters. The third-order valence-corrected chi connectivity index (χ3v) is 4.18. The first-order chi connectivity index (χ1) is 10.7. The molecular formula is C17H25ClN2O3. The summed E-state index contributed by atoms with van der Waals surface area (Å²) < 4.78 is 5.43. The highest BCUT2D eigenvalue weighted by molar-refractivity contribution is 6.30. The maximum atomic E-state index is 12.3. The number of hydrogen-bond acceptors (Lipinski definition) is 4. The third kappa shape index (κ3) is 4.75. The van der Waals surface area contributed by atoms with E-state index in [-0.39, 0.29) is 12.1 Å². The zero-order valence-corrected chi connectivity index (χ0v) is 14.9. The number of aliphatic hydroxyl groups excluding tert-OH is 1. The van der Waals surface area contributed by atoms with Crippen LogP contribution < -0.4 is 4.90 Å². The van der Waals surface area contributed by atoms with E-state index in [0.29, 0.717) is 24.5 Å². The molecule has 1 aliphatic rings. The fourth-order valence-corrected chi connectivity index (χ4v) is 2.79. The Labute approximate surface area is 142 Å². The van der Waals surface area contributed by atoms with Crippen molar-refractivity contribution < 1.29 is 14.6 Å². The van der Waals surface area contributed by atoms with Crippen molar-refractivity contribution in [1.82, 2.24) is 4.90 Å². The zero-order chi connectivity index (χ0) is 17.2. The monoisotopic (exact) mass is 340 g/mol. The zero-order valence-electron chi connectivity index (χ0n) is 14.1. The lowest BCUT2D eigenvalue weighted by atomic mass is 10.0. The minimum absolute atomic E-state index is 0.183. The average molecular weight is 341 g/mol. The van der Waals surface area contributed by atoms with Crippen LogP contribution in [-0.2, 0) is 4.74 Å². The number of anilines is 1. The van der Waals surface area contributed by atoms with Gasteiger partial charge in [-0.3, -0.25) is 0 Å². The standard InChI is InChI=1S/C17H25ClN2O3/c1-17(2,3)23-16(22)20-10-9-15(21)14(11-20)19(4)13-7-5-12(18)6-8-13/h5-8,14-15,21H,9-11H2,1-4H3. The minimum Gasteiger partial charge on any atom is -0.444 e. The molecule has 1 aromatic carbocycles. The first-order valence-corrected chi connectivity index (χ1v) is 8.19. The molecule has 0 radical (unpaired) electrons. The van der Waals surface area contributed by atoms with Gasteiger partial charge < -0.3 is 19.6 Å². The van der Waals surface area contributed by atoms with Crippen molar-refractivity contribution in [3.8, 4) is 0 Å². The molecule has 1 N–H and O–H groups in total. The van der Waals surface area contributed by atoms with E-state index in [1.54, 1.807) is 4.90 Å². The van der Waals surface area contributed by atoms with Gasteiger partial charge in [-0.1, -0.05) is 11.6 Å². The van der Waals surface area contributed by atoms with E-state index >= 15 is 0 Å². The molecule has 0 aliphatic carbocycles. The van der Waals surface area contributed by atoms with Gasteiger partial charge >= 0.3 is 6.09 Å². The first-order valence-electron chi connectivity index (χ1n) is 7.82. The van der Waals surface area contributed by atoms with Gasteiger partial charge in [-0.25, -0.2) is 4.79 Å². The first kappa shape index (κ1) is 17.9. The number of piperidine rings is 1. The predicted molar refractivity (Wildman–Crippen MR) is 92.1 cm³/mol. The van der Waals surface area contributed by atoms with E-state index < -0.39 is 11.7 Å². The number of carbonyl (C=O) groups is 1. The maximum absolute atomic E-state index is 12.3. The fourth-order valence-electron chi connectivity index (χ4n) is 2.66. The Bertz CT molecular complexity index is 542. The Morgan fingerprint density at radius 2 is 1.96 bits per heavy atom. The molecule has 2 unspecified atom stereocenters. The summed E-state index contributed by atoms with van der Waals surface area (Å²) in [5, 5.41) is 11.0. The molecule has 1 amide bonds. The number of carbonyl (C=O) groups excluding carboxylic acids is 1. The number of halogens is 1. The molecule has 0 aromatic heterocycles. The average Bonchev–Trinajstić information content (AvgIpc) is 2.46. The number of amides is 1. The molecule has 1 fully saturated rings. The Morgan fingerprint density at radius 1 is 1.35 bits per heavy atom. The molecule has 1 aromatic rings. The second-order valence-electron chi connectivity index (χ2n) is 6.94. The summed E-state index contributed by atoms with van der Waals surface area (Å²) in [4.78, 5) is 15.9.